The molecule has 0 aliphatic heterocycles. The van der Waals surface area contributed by atoms with Crippen LogP contribution in [0.25, 0.3) is 0 Å². The van der Waals surface area contributed by atoms with Crippen molar-refractivity contribution in [2.75, 3.05) is 0 Å². The molecule has 1 fully saturated rings. The average Bonchev–Trinajstić information content (AvgIpc) is 2.59. The third kappa shape index (κ3) is 3.34. The van der Waals surface area contributed by atoms with Gasteiger partial charge in [-0.3, -0.25) is 0 Å². The standard InChI is InChI=1S/C17H26/c1-14(2)17(16-12-8-5-9-13-16)15-10-6-3-4-7-11-15/h5,8-9,12-15,17H,3-4,6-7,10-11H2,1-2H3. The van der Waals surface area contributed by atoms with Crippen molar-refractivity contribution in [1.82, 2.24) is 0 Å². The number of hydrogen-bond donors (Lipinski definition) is 0. The summed E-state index contributed by atoms with van der Waals surface area (Å²) in [6, 6.07) is 11.2. The number of benzene rings is 1. The number of rotatable bonds is 3. The Morgan fingerprint density at radius 3 is 2.00 bits per heavy atom. The largest absolute Gasteiger partial charge is 0.0622 e. The van der Waals surface area contributed by atoms with Crippen LogP contribution in [0, 0.1) is 11.8 Å². The molecule has 17 heavy (non-hydrogen) atoms. The summed E-state index contributed by atoms with van der Waals surface area (Å²) in [7, 11) is 0. The molecule has 0 saturated heterocycles. The molecule has 1 unspecified atom stereocenters. The zero-order valence-electron chi connectivity index (χ0n) is 11.4. The zero-order chi connectivity index (χ0) is 12.1. The highest BCUT2D eigenvalue weighted by Crippen LogP contribution is 2.39. The fourth-order valence-electron chi connectivity index (χ4n) is 3.55. The molecule has 0 amide bonds. The van der Waals surface area contributed by atoms with Gasteiger partial charge in [0.25, 0.3) is 0 Å². The molecule has 1 aromatic rings. The summed E-state index contributed by atoms with van der Waals surface area (Å²) < 4.78 is 0. The van der Waals surface area contributed by atoms with Crippen molar-refractivity contribution >= 4 is 0 Å². The molecule has 0 N–H and O–H groups in total. The van der Waals surface area contributed by atoms with Crippen molar-refractivity contribution in [3.63, 3.8) is 0 Å². The molecule has 0 aromatic heterocycles. The molecular weight excluding hydrogens is 204 g/mol. The van der Waals surface area contributed by atoms with Gasteiger partial charge in [-0.1, -0.05) is 69.9 Å². The summed E-state index contributed by atoms with van der Waals surface area (Å²) in [6.45, 7) is 4.78. The second-order valence-corrected chi connectivity index (χ2v) is 5.93. The van der Waals surface area contributed by atoms with Crippen LogP contribution in [0.2, 0.25) is 0 Å². The summed E-state index contributed by atoms with van der Waals surface area (Å²) in [4.78, 5) is 0. The third-order valence-electron chi connectivity index (χ3n) is 4.31. The summed E-state index contributed by atoms with van der Waals surface area (Å²) in [5.41, 5.74) is 1.56. The van der Waals surface area contributed by atoms with E-state index in [0.29, 0.717) is 0 Å². The van der Waals surface area contributed by atoms with Crippen LogP contribution in [0.15, 0.2) is 30.3 Å². The van der Waals surface area contributed by atoms with Crippen LogP contribution in [-0.4, -0.2) is 0 Å². The van der Waals surface area contributed by atoms with Crippen molar-refractivity contribution < 1.29 is 0 Å². The van der Waals surface area contributed by atoms with Crippen LogP contribution < -0.4 is 0 Å². The molecule has 1 aliphatic carbocycles. The van der Waals surface area contributed by atoms with Crippen LogP contribution in [0.5, 0.6) is 0 Å². The Balaban J connectivity index is 2.16. The normalized spacial score (nSPS) is 20.2. The van der Waals surface area contributed by atoms with Gasteiger partial charge in [0.05, 0.1) is 0 Å². The highest BCUT2D eigenvalue weighted by Gasteiger charge is 2.26. The fourth-order valence-corrected chi connectivity index (χ4v) is 3.55. The smallest absolute Gasteiger partial charge is 0.0111 e. The molecule has 1 atom stereocenters. The quantitative estimate of drug-likeness (QED) is 0.610. The summed E-state index contributed by atoms with van der Waals surface area (Å²) >= 11 is 0. The molecule has 0 nitrogen and oxygen atoms in total. The lowest BCUT2D eigenvalue weighted by Gasteiger charge is -2.30. The molecule has 0 heteroatoms. The Kier molecular flexibility index (Phi) is 4.65. The molecule has 94 valence electrons. The van der Waals surface area contributed by atoms with E-state index in [1.54, 1.807) is 5.56 Å². The van der Waals surface area contributed by atoms with E-state index in [2.05, 4.69) is 44.2 Å². The highest BCUT2D eigenvalue weighted by molar-refractivity contribution is 5.21. The Labute approximate surface area is 106 Å². The van der Waals surface area contributed by atoms with E-state index in [-0.39, 0.29) is 0 Å². The van der Waals surface area contributed by atoms with Gasteiger partial charge in [0.15, 0.2) is 0 Å². The molecular formula is C17H26. The first-order valence-corrected chi connectivity index (χ1v) is 7.34. The third-order valence-corrected chi connectivity index (χ3v) is 4.31. The predicted molar refractivity (Wildman–Crippen MR) is 75.2 cm³/mol. The van der Waals surface area contributed by atoms with Gasteiger partial charge in [-0.15, -0.1) is 0 Å². The van der Waals surface area contributed by atoms with Gasteiger partial charge >= 0.3 is 0 Å². The van der Waals surface area contributed by atoms with Gasteiger partial charge < -0.3 is 0 Å². The first kappa shape index (κ1) is 12.7. The van der Waals surface area contributed by atoms with E-state index in [0.717, 1.165) is 17.8 Å². The first-order valence-electron chi connectivity index (χ1n) is 7.34. The lowest BCUT2D eigenvalue weighted by atomic mass is 9.75. The van der Waals surface area contributed by atoms with Gasteiger partial charge in [0, 0.05) is 0 Å². The summed E-state index contributed by atoms with van der Waals surface area (Å²) in [6.07, 6.45) is 8.68. The van der Waals surface area contributed by atoms with E-state index in [9.17, 15) is 0 Å². The zero-order valence-corrected chi connectivity index (χ0v) is 11.4. The molecule has 0 radical (unpaired) electrons. The monoisotopic (exact) mass is 230 g/mol. The first-order chi connectivity index (χ1) is 8.29. The molecule has 2 rings (SSSR count). The molecule has 0 bridgehead atoms. The van der Waals surface area contributed by atoms with E-state index < -0.39 is 0 Å². The van der Waals surface area contributed by atoms with Crippen molar-refractivity contribution in [3.05, 3.63) is 35.9 Å². The molecule has 0 heterocycles. The molecule has 1 saturated carbocycles. The molecule has 0 spiro atoms. The van der Waals surface area contributed by atoms with Gasteiger partial charge in [0.2, 0.25) is 0 Å². The fraction of sp³-hybridized carbons (Fsp3) is 0.647. The highest BCUT2D eigenvalue weighted by atomic mass is 14.3. The lowest BCUT2D eigenvalue weighted by molar-refractivity contribution is 0.309. The van der Waals surface area contributed by atoms with Gasteiger partial charge in [-0.05, 0) is 36.2 Å². The minimum atomic E-state index is 0.764. The maximum atomic E-state index is 2.39. The summed E-state index contributed by atoms with van der Waals surface area (Å²) in [5.74, 6) is 2.45. The Bertz CT molecular complexity index is 304. The maximum Gasteiger partial charge on any atom is -0.0111 e. The Morgan fingerprint density at radius 2 is 1.47 bits per heavy atom. The SMILES string of the molecule is CC(C)C(c1ccccc1)C1CCCCCC1. The minimum Gasteiger partial charge on any atom is -0.0622 e. The van der Waals surface area contributed by atoms with Crippen molar-refractivity contribution in [1.29, 1.82) is 0 Å². The lowest BCUT2D eigenvalue weighted by Crippen LogP contribution is -2.18. The van der Waals surface area contributed by atoms with Crippen LogP contribution in [0.4, 0.5) is 0 Å². The second kappa shape index (κ2) is 6.23. The van der Waals surface area contributed by atoms with Crippen molar-refractivity contribution in [2.45, 2.75) is 58.3 Å². The molecule has 1 aliphatic rings. The van der Waals surface area contributed by atoms with Crippen LogP contribution in [-0.2, 0) is 0 Å². The summed E-state index contributed by atoms with van der Waals surface area (Å²) in [5, 5.41) is 0. The van der Waals surface area contributed by atoms with Crippen LogP contribution >= 0.6 is 0 Å². The van der Waals surface area contributed by atoms with Crippen molar-refractivity contribution in [2.24, 2.45) is 11.8 Å². The van der Waals surface area contributed by atoms with Gasteiger partial charge in [0.1, 0.15) is 0 Å². The maximum absolute atomic E-state index is 2.39. The second-order valence-electron chi connectivity index (χ2n) is 5.93. The van der Waals surface area contributed by atoms with E-state index in [1.165, 1.54) is 38.5 Å². The van der Waals surface area contributed by atoms with Crippen LogP contribution in [0.1, 0.15) is 63.9 Å². The topological polar surface area (TPSA) is 0 Å². The van der Waals surface area contributed by atoms with Gasteiger partial charge in [-0.25, -0.2) is 0 Å². The predicted octanol–water partition coefficient (Wildman–Crippen LogP) is 5.40. The van der Waals surface area contributed by atoms with Crippen molar-refractivity contribution in [3.8, 4) is 0 Å². The van der Waals surface area contributed by atoms with E-state index in [1.807, 2.05) is 0 Å². The molecule has 1 aromatic carbocycles. The number of hydrogen-bond acceptors (Lipinski definition) is 0. The van der Waals surface area contributed by atoms with E-state index >= 15 is 0 Å². The van der Waals surface area contributed by atoms with E-state index in [4.69, 9.17) is 0 Å². The Hall–Kier alpha value is -0.780. The Morgan fingerprint density at radius 1 is 0.882 bits per heavy atom. The average molecular weight is 230 g/mol. The van der Waals surface area contributed by atoms with Crippen LogP contribution in [0.3, 0.4) is 0 Å². The van der Waals surface area contributed by atoms with Gasteiger partial charge in [-0.2, -0.15) is 0 Å². The minimum absolute atomic E-state index is 0.764.